The second-order valence-electron chi connectivity index (χ2n) is 5.39. The maximum atomic E-state index is 13.1. The molecule has 2 aliphatic heterocycles. The topological polar surface area (TPSA) is 66.5 Å². The van der Waals surface area contributed by atoms with Gasteiger partial charge < -0.3 is 5.32 Å². The first-order valence-electron chi connectivity index (χ1n) is 7.37. The van der Waals surface area contributed by atoms with E-state index in [0.29, 0.717) is 29.4 Å². The van der Waals surface area contributed by atoms with Gasteiger partial charge in [0.2, 0.25) is 5.91 Å². The van der Waals surface area contributed by atoms with Gasteiger partial charge in [-0.15, -0.1) is 23.5 Å². The zero-order valence-corrected chi connectivity index (χ0v) is 15.0. The monoisotopic (exact) mass is 378 g/mol. The molecule has 1 N–H and O–H groups in total. The Kier molecular flexibility index (Phi) is 3.98. The fraction of sp³-hybridized carbons (Fsp3) is 0.188. The number of fused-ring (bicyclic) bond motifs is 2. The van der Waals surface area contributed by atoms with Crippen LogP contribution < -0.4 is 9.62 Å². The number of rotatable bonds is 2. The Morgan fingerprint density at radius 1 is 1.04 bits per heavy atom. The molecular weight excluding hydrogens is 364 g/mol. The summed E-state index contributed by atoms with van der Waals surface area (Å²) in [5, 5.41) is 2.75. The van der Waals surface area contributed by atoms with Gasteiger partial charge in [-0.1, -0.05) is 12.1 Å². The highest BCUT2D eigenvalue weighted by atomic mass is 32.2. The van der Waals surface area contributed by atoms with E-state index in [9.17, 15) is 13.2 Å². The number of anilines is 2. The Hall–Kier alpha value is -1.64. The maximum Gasteiger partial charge on any atom is 0.264 e. The van der Waals surface area contributed by atoms with Gasteiger partial charge in [-0.3, -0.25) is 9.10 Å². The number of hydrogen-bond donors (Lipinski definition) is 1. The Morgan fingerprint density at radius 2 is 1.88 bits per heavy atom. The number of para-hydroxylation sites is 1. The standard InChI is InChI=1S/C16H14N2O3S3/c19-16-10-23-14-6-5-11(9-12(14)17-16)24(20,21)18-7-8-22-15-4-2-1-3-13(15)18/h1-6,9H,7-8,10H2,(H,17,19). The third-order valence-electron chi connectivity index (χ3n) is 3.86. The summed E-state index contributed by atoms with van der Waals surface area (Å²) < 4.78 is 27.7. The SMILES string of the molecule is O=C1CSc2ccc(S(=O)(=O)N3CCSc4ccccc43)cc2N1. The number of hydrogen-bond acceptors (Lipinski definition) is 5. The predicted octanol–water partition coefficient (Wildman–Crippen LogP) is 3.03. The quantitative estimate of drug-likeness (QED) is 0.870. The predicted molar refractivity (Wildman–Crippen MR) is 97.5 cm³/mol. The van der Waals surface area contributed by atoms with E-state index in [-0.39, 0.29) is 10.8 Å². The third-order valence-corrected chi connectivity index (χ3v) is 7.78. The van der Waals surface area contributed by atoms with Gasteiger partial charge in [0.05, 0.1) is 22.0 Å². The van der Waals surface area contributed by atoms with Crippen LogP contribution in [0.3, 0.4) is 0 Å². The molecule has 24 heavy (non-hydrogen) atoms. The van der Waals surface area contributed by atoms with E-state index in [2.05, 4.69) is 5.32 Å². The van der Waals surface area contributed by atoms with E-state index in [1.54, 1.807) is 30.0 Å². The average molecular weight is 378 g/mol. The number of thioether (sulfide) groups is 2. The molecule has 0 unspecified atom stereocenters. The highest BCUT2D eigenvalue weighted by Crippen LogP contribution is 2.39. The lowest BCUT2D eigenvalue weighted by molar-refractivity contribution is -0.113. The molecule has 1 amide bonds. The highest BCUT2D eigenvalue weighted by molar-refractivity contribution is 8.00. The highest BCUT2D eigenvalue weighted by Gasteiger charge is 2.30. The van der Waals surface area contributed by atoms with Crippen LogP contribution in [0.25, 0.3) is 0 Å². The molecule has 0 bridgehead atoms. The summed E-state index contributed by atoms with van der Waals surface area (Å²) in [7, 11) is -3.67. The molecular formula is C16H14N2O3S3. The minimum Gasteiger partial charge on any atom is -0.324 e. The number of carbonyl (C=O) groups is 1. The summed E-state index contributed by atoms with van der Waals surface area (Å²) in [5.41, 5.74) is 1.28. The molecule has 0 atom stereocenters. The van der Waals surface area contributed by atoms with Crippen LogP contribution in [0, 0.1) is 0 Å². The van der Waals surface area contributed by atoms with E-state index in [0.717, 1.165) is 9.79 Å². The number of nitrogens with one attached hydrogen (secondary N) is 1. The molecule has 0 radical (unpaired) electrons. The van der Waals surface area contributed by atoms with Crippen LogP contribution in [0.5, 0.6) is 0 Å². The fourth-order valence-electron chi connectivity index (χ4n) is 2.74. The second-order valence-corrected chi connectivity index (χ2v) is 9.40. The first-order chi connectivity index (χ1) is 11.6. The Bertz CT molecular complexity index is 928. The number of carbonyl (C=O) groups excluding carboxylic acids is 1. The normalized spacial score (nSPS) is 17.0. The van der Waals surface area contributed by atoms with Crippen LogP contribution in [-0.2, 0) is 14.8 Å². The van der Waals surface area contributed by atoms with Crippen molar-refractivity contribution in [2.24, 2.45) is 0 Å². The first kappa shape index (κ1) is 15.9. The molecule has 4 rings (SSSR count). The lowest BCUT2D eigenvalue weighted by Gasteiger charge is -2.30. The summed E-state index contributed by atoms with van der Waals surface area (Å²) in [6.45, 7) is 0.433. The third kappa shape index (κ3) is 2.68. The zero-order valence-electron chi connectivity index (χ0n) is 12.6. The zero-order chi connectivity index (χ0) is 16.7. The number of nitrogens with zero attached hydrogens (tertiary/aromatic N) is 1. The molecule has 0 fully saturated rings. The molecule has 124 valence electrons. The molecule has 8 heteroatoms. The molecule has 2 aromatic carbocycles. The van der Waals surface area contributed by atoms with Crippen LogP contribution >= 0.6 is 23.5 Å². The van der Waals surface area contributed by atoms with Crippen molar-refractivity contribution in [1.29, 1.82) is 0 Å². The Labute approximate surface area is 148 Å². The van der Waals surface area contributed by atoms with Crippen LogP contribution in [-0.4, -0.2) is 32.4 Å². The molecule has 0 saturated carbocycles. The van der Waals surface area contributed by atoms with Crippen LogP contribution in [0.1, 0.15) is 0 Å². The van der Waals surface area contributed by atoms with Crippen molar-refractivity contribution in [3.63, 3.8) is 0 Å². The lowest BCUT2D eigenvalue weighted by atomic mass is 10.3. The minimum absolute atomic E-state index is 0.109. The summed E-state index contributed by atoms with van der Waals surface area (Å²) >= 11 is 3.08. The smallest absolute Gasteiger partial charge is 0.264 e. The van der Waals surface area contributed by atoms with E-state index in [4.69, 9.17) is 0 Å². The van der Waals surface area contributed by atoms with E-state index in [1.807, 2.05) is 24.3 Å². The lowest BCUT2D eigenvalue weighted by Crippen LogP contribution is -2.35. The molecule has 5 nitrogen and oxygen atoms in total. The van der Waals surface area contributed by atoms with Crippen LogP contribution in [0.4, 0.5) is 11.4 Å². The Morgan fingerprint density at radius 3 is 2.75 bits per heavy atom. The molecule has 0 aliphatic carbocycles. The van der Waals surface area contributed by atoms with Crippen molar-refractivity contribution < 1.29 is 13.2 Å². The summed E-state index contributed by atoms with van der Waals surface area (Å²) in [5.74, 6) is 0.964. The van der Waals surface area contributed by atoms with Crippen LogP contribution in [0.15, 0.2) is 57.2 Å². The average Bonchev–Trinajstić information content (AvgIpc) is 2.60. The van der Waals surface area contributed by atoms with Crippen molar-refractivity contribution in [1.82, 2.24) is 0 Å². The minimum atomic E-state index is -3.67. The van der Waals surface area contributed by atoms with Crippen LogP contribution in [0.2, 0.25) is 0 Å². The van der Waals surface area contributed by atoms with Gasteiger partial charge in [0.25, 0.3) is 10.0 Å². The molecule has 0 aromatic heterocycles. The van der Waals surface area contributed by atoms with Gasteiger partial charge in [-0.2, -0.15) is 0 Å². The Balaban J connectivity index is 1.77. The van der Waals surface area contributed by atoms with Crippen molar-refractivity contribution in [2.75, 3.05) is 27.7 Å². The first-order valence-corrected chi connectivity index (χ1v) is 10.8. The molecule has 2 heterocycles. The van der Waals surface area contributed by atoms with Gasteiger partial charge in [-0.25, -0.2) is 8.42 Å². The van der Waals surface area contributed by atoms with Gasteiger partial charge in [0, 0.05) is 22.1 Å². The van der Waals surface area contributed by atoms with Crippen molar-refractivity contribution >= 4 is 50.8 Å². The number of sulfonamides is 1. The summed E-state index contributed by atoms with van der Waals surface area (Å²) in [6, 6.07) is 12.4. The number of amides is 1. The van der Waals surface area contributed by atoms with E-state index in [1.165, 1.54) is 16.1 Å². The van der Waals surface area contributed by atoms with Crippen molar-refractivity contribution in [3.05, 3.63) is 42.5 Å². The number of benzene rings is 2. The molecule has 0 spiro atoms. The van der Waals surface area contributed by atoms with Gasteiger partial charge in [0.1, 0.15) is 0 Å². The molecule has 2 aliphatic rings. The van der Waals surface area contributed by atoms with E-state index >= 15 is 0 Å². The summed E-state index contributed by atoms with van der Waals surface area (Å²) in [6.07, 6.45) is 0. The maximum absolute atomic E-state index is 13.1. The van der Waals surface area contributed by atoms with Gasteiger partial charge in [-0.05, 0) is 30.3 Å². The molecule has 0 saturated heterocycles. The summed E-state index contributed by atoms with van der Waals surface area (Å²) in [4.78, 5) is 13.6. The largest absolute Gasteiger partial charge is 0.324 e. The van der Waals surface area contributed by atoms with Gasteiger partial charge >= 0.3 is 0 Å². The molecule has 2 aromatic rings. The van der Waals surface area contributed by atoms with Crippen molar-refractivity contribution in [3.8, 4) is 0 Å². The second kappa shape index (κ2) is 6.02. The van der Waals surface area contributed by atoms with Gasteiger partial charge in [0.15, 0.2) is 0 Å². The van der Waals surface area contributed by atoms with Crippen molar-refractivity contribution in [2.45, 2.75) is 14.7 Å². The fourth-order valence-corrected chi connectivity index (χ4v) is 6.21. The van der Waals surface area contributed by atoms with E-state index < -0.39 is 10.0 Å².